The Morgan fingerprint density at radius 1 is 1.60 bits per heavy atom. The molecule has 0 aromatic heterocycles. The van der Waals surface area contributed by atoms with Crippen LogP contribution in [0.2, 0.25) is 0 Å². The summed E-state index contributed by atoms with van der Waals surface area (Å²) in [5.74, 6) is -1.02. The van der Waals surface area contributed by atoms with Crippen molar-refractivity contribution in [2.75, 3.05) is 6.54 Å². The first-order chi connectivity index (χ1) is 4.57. The predicted molar refractivity (Wildman–Crippen MR) is 35.9 cm³/mol. The van der Waals surface area contributed by atoms with Crippen LogP contribution in [0.3, 0.4) is 0 Å². The van der Waals surface area contributed by atoms with Gasteiger partial charge in [-0.05, 0) is 6.92 Å². The minimum atomic E-state index is -0.671. The molecule has 0 rings (SSSR count). The smallest absolute Gasteiger partial charge is 0.243 e. The molecule has 5 heteroatoms. The van der Waals surface area contributed by atoms with E-state index < -0.39 is 17.9 Å². The van der Waals surface area contributed by atoms with Crippen molar-refractivity contribution in [3.05, 3.63) is 0 Å². The molecule has 0 aliphatic heterocycles. The van der Waals surface area contributed by atoms with Crippen molar-refractivity contribution < 1.29 is 9.59 Å². The SMILES string of the molecule is CC(N)C(=O)NC(=O)CN. The van der Waals surface area contributed by atoms with Gasteiger partial charge in [-0.25, -0.2) is 0 Å². The van der Waals surface area contributed by atoms with Gasteiger partial charge in [0.1, 0.15) is 0 Å². The van der Waals surface area contributed by atoms with Crippen LogP contribution < -0.4 is 16.8 Å². The number of amides is 2. The summed E-state index contributed by atoms with van der Waals surface area (Å²) in [7, 11) is 0. The molecule has 0 aromatic carbocycles. The van der Waals surface area contributed by atoms with E-state index in [4.69, 9.17) is 11.5 Å². The van der Waals surface area contributed by atoms with Crippen LogP contribution in [-0.4, -0.2) is 24.4 Å². The minimum absolute atomic E-state index is 0.196. The number of carbonyl (C=O) groups excluding carboxylic acids is 2. The van der Waals surface area contributed by atoms with Crippen LogP contribution in [0.15, 0.2) is 0 Å². The molecule has 1 unspecified atom stereocenters. The average Bonchev–Trinajstić information content (AvgIpc) is 1.87. The first-order valence-electron chi connectivity index (χ1n) is 2.87. The normalized spacial score (nSPS) is 12.3. The van der Waals surface area contributed by atoms with E-state index in [1.165, 1.54) is 6.92 Å². The first-order valence-corrected chi connectivity index (χ1v) is 2.87. The molecule has 0 fully saturated rings. The maximum atomic E-state index is 10.6. The van der Waals surface area contributed by atoms with Gasteiger partial charge in [0.05, 0.1) is 12.6 Å². The Morgan fingerprint density at radius 3 is 2.40 bits per heavy atom. The zero-order valence-corrected chi connectivity index (χ0v) is 5.76. The van der Waals surface area contributed by atoms with Gasteiger partial charge in [-0.15, -0.1) is 0 Å². The van der Waals surface area contributed by atoms with Crippen molar-refractivity contribution >= 4 is 11.8 Å². The summed E-state index contributed by atoms with van der Waals surface area (Å²) < 4.78 is 0. The van der Waals surface area contributed by atoms with E-state index in [0.717, 1.165) is 0 Å². The molecule has 0 aliphatic rings. The maximum absolute atomic E-state index is 10.6. The Bertz CT molecular complexity index is 144. The van der Waals surface area contributed by atoms with Crippen LogP contribution in [-0.2, 0) is 9.59 Å². The van der Waals surface area contributed by atoms with Crippen LogP contribution in [0.5, 0.6) is 0 Å². The molecule has 0 saturated heterocycles. The third kappa shape index (κ3) is 3.16. The molecule has 0 spiro atoms. The molecule has 58 valence electrons. The van der Waals surface area contributed by atoms with Crippen molar-refractivity contribution in [1.29, 1.82) is 0 Å². The van der Waals surface area contributed by atoms with Gasteiger partial charge in [-0.2, -0.15) is 0 Å². The molecule has 10 heavy (non-hydrogen) atoms. The highest BCUT2D eigenvalue weighted by Crippen LogP contribution is 1.73. The fraction of sp³-hybridized carbons (Fsp3) is 0.600. The standard InChI is InChI=1S/C5H11N3O2/c1-3(7)5(10)8-4(9)2-6/h3H,2,6-7H2,1H3,(H,8,9,10). The van der Waals surface area contributed by atoms with E-state index in [9.17, 15) is 9.59 Å². The van der Waals surface area contributed by atoms with E-state index in [1.54, 1.807) is 0 Å². The topological polar surface area (TPSA) is 98.2 Å². The van der Waals surface area contributed by atoms with Gasteiger partial charge in [0.15, 0.2) is 0 Å². The monoisotopic (exact) mass is 145 g/mol. The van der Waals surface area contributed by atoms with Crippen LogP contribution in [0.1, 0.15) is 6.92 Å². The summed E-state index contributed by atoms with van der Waals surface area (Å²) in [5.41, 5.74) is 10.0. The number of imide groups is 1. The summed E-state index contributed by atoms with van der Waals surface area (Å²) in [5, 5.41) is 2.00. The van der Waals surface area contributed by atoms with Crippen LogP contribution in [0.4, 0.5) is 0 Å². The molecule has 5 nitrogen and oxygen atoms in total. The van der Waals surface area contributed by atoms with Gasteiger partial charge in [0, 0.05) is 0 Å². The van der Waals surface area contributed by atoms with Crippen molar-refractivity contribution in [1.82, 2.24) is 5.32 Å². The van der Waals surface area contributed by atoms with Gasteiger partial charge < -0.3 is 11.5 Å². The third-order valence-corrected chi connectivity index (χ3v) is 0.862. The minimum Gasteiger partial charge on any atom is -0.322 e. The van der Waals surface area contributed by atoms with Gasteiger partial charge in [-0.3, -0.25) is 14.9 Å². The highest BCUT2D eigenvalue weighted by Gasteiger charge is 2.09. The molecule has 5 N–H and O–H groups in total. The summed E-state index contributed by atoms with van der Waals surface area (Å²) in [6, 6.07) is -0.671. The Hall–Kier alpha value is -0.940. The highest BCUT2D eigenvalue weighted by atomic mass is 16.2. The number of rotatable bonds is 2. The molecule has 0 heterocycles. The molecule has 2 amide bonds. The van der Waals surface area contributed by atoms with Crippen LogP contribution >= 0.6 is 0 Å². The van der Waals surface area contributed by atoms with E-state index in [-0.39, 0.29) is 6.54 Å². The lowest BCUT2D eigenvalue weighted by molar-refractivity contribution is -0.130. The summed E-state index contributed by atoms with van der Waals surface area (Å²) >= 11 is 0. The fourth-order valence-corrected chi connectivity index (χ4v) is 0.302. The third-order valence-electron chi connectivity index (χ3n) is 0.862. The molecule has 0 aromatic rings. The molecule has 1 atom stereocenters. The summed E-state index contributed by atoms with van der Waals surface area (Å²) in [6.07, 6.45) is 0. The highest BCUT2D eigenvalue weighted by molar-refractivity contribution is 5.98. The molecule has 0 aliphatic carbocycles. The van der Waals surface area contributed by atoms with Crippen molar-refractivity contribution in [3.8, 4) is 0 Å². The molecular weight excluding hydrogens is 134 g/mol. The largest absolute Gasteiger partial charge is 0.322 e. The lowest BCUT2D eigenvalue weighted by atomic mass is 10.3. The van der Waals surface area contributed by atoms with Crippen molar-refractivity contribution in [3.63, 3.8) is 0 Å². The Balaban J connectivity index is 3.69. The molecule has 0 radical (unpaired) electrons. The summed E-state index contributed by atoms with van der Waals surface area (Å²) in [6.45, 7) is 1.29. The Labute approximate surface area is 58.8 Å². The van der Waals surface area contributed by atoms with Crippen molar-refractivity contribution in [2.45, 2.75) is 13.0 Å². The van der Waals surface area contributed by atoms with E-state index in [0.29, 0.717) is 0 Å². The fourth-order valence-electron chi connectivity index (χ4n) is 0.302. The number of carbonyl (C=O) groups is 2. The van der Waals surface area contributed by atoms with E-state index >= 15 is 0 Å². The lowest BCUT2D eigenvalue weighted by Crippen LogP contribution is -2.43. The lowest BCUT2D eigenvalue weighted by Gasteiger charge is -2.03. The molecular formula is C5H11N3O2. The van der Waals surface area contributed by atoms with Gasteiger partial charge in [0.2, 0.25) is 11.8 Å². The zero-order chi connectivity index (χ0) is 8.15. The Morgan fingerprint density at radius 2 is 2.10 bits per heavy atom. The van der Waals surface area contributed by atoms with Crippen molar-refractivity contribution in [2.24, 2.45) is 11.5 Å². The maximum Gasteiger partial charge on any atom is 0.243 e. The summed E-state index contributed by atoms with van der Waals surface area (Å²) in [4.78, 5) is 21.0. The van der Waals surface area contributed by atoms with Gasteiger partial charge in [0.25, 0.3) is 0 Å². The second kappa shape index (κ2) is 3.97. The zero-order valence-electron chi connectivity index (χ0n) is 5.76. The van der Waals surface area contributed by atoms with E-state index in [2.05, 4.69) is 0 Å². The molecule has 0 saturated carbocycles. The van der Waals surface area contributed by atoms with Crippen LogP contribution in [0, 0.1) is 0 Å². The van der Waals surface area contributed by atoms with Crippen LogP contribution in [0.25, 0.3) is 0 Å². The number of nitrogens with one attached hydrogen (secondary N) is 1. The molecule has 0 bridgehead atoms. The number of hydrogen-bond donors (Lipinski definition) is 3. The first kappa shape index (κ1) is 9.06. The van der Waals surface area contributed by atoms with Gasteiger partial charge >= 0.3 is 0 Å². The second-order valence-corrected chi connectivity index (χ2v) is 1.91. The van der Waals surface area contributed by atoms with E-state index in [1.807, 2.05) is 5.32 Å². The second-order valence-electron chi connectivity index (χ2n) is 1.91. The van der Waals surface area contributed by atoms with Gasteiger partial charge in [-0.1, -0.05) is 0 Å². The number of nitrogens with two attached hydrogens (primary N) is 2. The predicted octanol–water partition coefficient (Wildman–Crippen LogP) is -2.06. The number of hydrogen-bond acceptors (Lipinski definition) is 4. The average molecular weight is 145 g/mol. The quantitative estimate of drug-likeness (QED) is 0.416. The Kier molecular flexibility index (Phi) is 3.60.